The molecule has 3 aromatic carbocycles. The van der Waals surface area contributed by atoms with Crippen LogP contribution >= 0.6 is 11.8 Å². The zero-order valence-corrected chi connectivity index (χ0v) is 18.4. The van der Waals surface area contributed by atoms with Crippen LogP contribution in [0.1, 0.15) is 29.0 Å². The number of aryl methyl sites for hydroxylation is 1. The normalized spacial score (nSPS) is 10.6. The van der Waals surface area contributed by atoms with Crippen LogP contribution in [0.5, 0.6) is 0 Å². The first-order chi connectivity index (χ1) is 15.1. The summed E-state index contributed by atoms with van der Waals surface area (Å²) >= 11 is 1.68. The van der Waals surface area contributed by atoms with Crippen molar-refractivity contribution in [3.05, 3.63) is 102 Å². The third-order valence-corrected chi connectivity index (χ3v) is 5.87. The van der Waals surface area contributed by atoms with Crippen LogP contribution in [0.25, 0.3) is 0 Å². The second-order valence-corrected chi connectivity index (χ2v) is 8.42. The molecule has 1 amide bonds. The van der Waals surface area contributed by atoms with Crippen molar-refractivity contribution in [1.82, 2.24) is 5.32 Å². The predicted molar refractivity (Wildman–Crippen MR) is 125 cm³/mol. The molecule has 160 valence electrons. The van der Waals surface area contributed by atoms with Gasteiger partial charge in [-0.3, -0.25) is 9.59 Å². The fourth-order valence-electron chi connectivity index (χ4n) is 3.22. The lowest BCUT2D eigenvalue weighted by molar-refractivity contribution is -0.148. The van der Waals surface area contributed by atoms with Crippen molar-refractivity contribution in [3.8, 4) is 0 Å². The van der Waals surface area contributed by atoms with Crippen LogP contribution < -0.4 is 5.32 Å². The fraction of sp³-hybridized carbons (Fsp3) is 0.231. The van der Waals surface area contributed by atoms with E-state index in [2.05, 4.69) is 36.5 Å². The molecule has 0 bridgehead atoms. The molecule has 0 aliphatic heterocycles. The van der Waals surface area contributed by atoms with Crippen LogP contribution in [0, 0.1) is 6.92 Å². The SMILES string of the molecule is Cc1ccc(SCCNC(=O)COC(=O)CC(c2ccccc2)c2ccccc2)cc1. The third kappa shape index (κ3) is 7.61. The van der Waals surface area contributed by atoms with Gasteiger partial charge in [0.2, 0.25) is 0 Å². The van der Waals surface area contributed by atoms with Gasteiger partial charge in [0.25, 0.3) is 5.91 Å². The van der Waals surface area contributed by atoms with E-state index in [1.54, 1.807) is 11.8 Å². The van der Waals surface area contributed by atoms with Crippen LogP contribution in [0.15, 0.2) is 89.8 Å². The molecule has 0 fully saturated rings. The lowest BCUT2D eigenvalue weighted by Gasteiger charge is -2.17. The van der Waals surface area contributed by atoms with Crippen LogP contribution in [0.3, 0.4) is 0 Å². The second kappa shape index (κ2) is 12.0. The molecular weight excluding hydrogens is 406 g/mol. The van der Waals surface area contributed by atoms with E-state index in [4.69, 9.17) is 4.74 Å². The Bertz CT molecular complexity index is 919. The van der Waals surface area contributed by atoms with Crippen molar-refractivity contribution >= 4 is 23.6 Å². The van der Waals surface area contributed by atoms with Crippen LogP contribution in [-0.2, 0) is 14.3 Å². The van der Waals surface area contributed by atoms with E-state index >= 15 is 0 Å². The Morgan fingerprint density at radius 1 is 0.871 bits per heavy atom. The van der Waals surface area contributed by atoms with E-state index < -0.39 is 0 Å². The van der Waals surface area contributed by atoms with Gasteiger partial charge in [0, 0.05) is 23.1 Å². The number of amides is 1. The highest BCUT2D eigenvalue weighted by molar-refractivity contribution is 7.99. The van der Waals surface area contributed by atoms with E-state index in [1.165, 1.54) is 10.5 Å². The molecule has 3 rings (SSSR count). The van der Waals surface area contributed by atoms with Gasteiger partial charge in [-0.25, -0.2) is 0 Å². The Hall–Kier alpha value is -3.05. The van der Waals surface area contributed by atoms with E-state index in [-0.39, 0.29) is 30.8 Å². The smallest absolute Gasteiger partial charge is 0.307 e. The number of rotatable bonds is 10. The number of carbonyl (C=O) groups is 2. The summed E-state index contributed by atoms with van der Waals surface area (Å²) < 4.78 is 5.25. The van der Waals surface area contributed by atoms with Crippen molar-refractivity contribution in [2.75, 3.05) is 18.9 Å². The van der Waals surface area contributed by atoms with Gasteiger partial charge in [0.05, 0.1) is 6.42 Å². The highest BCUT2D eigenvalue weighted by Crippen LogP contribution is 2.28. The van der Waals surface area contributed by atoms with E-state index in [1.807, 2.05) is 60.7 Å². The number of ether oxygens (including phenoxy) is 1. The number of hydrogen-bond acceptors (Lipinski definition) is 4. The summed E-state index contributed by atoms with van der Waals surface area (Å²) in [5.41, 5.74) is 3.31. The molecule has 0 spiro atoms. The molecular formula is C26H27NO3S. The summed E-state index contributed by atoms with van der Waals surface area (Å²) in [7, 11) is 0. The molecule has 0 saturated carbocycles. The van der Waals surface area contributed by atoms with Crippen LogP contribution in [-0.4, -0.2) is 30.8 Å². The molecule has 4 nitrogen and oxygen atoms in total. The average Bonchev–Trinajstić information content (AvgIpc) is 2.81. The summed E-state index contributed by atoms with van der Waals surface area (Å²) in [4.78, 5) is 25.6. The van der Waals surface area contributed by atoms with E-state index in [0.29, 0.717) is 6.54 Å². The lowest BCUT2D eigenvalue weighted by Crippen LogP contribution is -2.30. The largest absolute Gasteiger partial charge is 0.456 e. The highest BCUT2D eigenvalue weighted by atomic mass is 32.2. The number of carbonyl (C=O) groups excluding carboxylic acids is 2. The minimum Gasteiger partial charge on any atom is -0.456 e. The molecule has 31 heavy (non-hydrogen) atoms. The highest BCUT2D eigenvalue weighted by Gasteiger charge is 2.19. The van der Waals surface area contributed by atoms with Crippen molar-refractivity contribution in [2.45, 2.75) is 24.2 Å². The summed E-state index contributed by atoms with van der Waals surface area (Å²) in [6.45, 7) is 2.31. The standard InChI is InChI=1S/C26H27NO3S/c1-20-12-14-23(15-13-20)31-17-16-27-25(28)19-30-26(29)18-24(21-8-4-2-5-9-21)22-10-6-3-7-11-22/h2-15,24H,16-19H2,1H3,(H,27,28). The topological polar surface area (TPSA) is 55.4 Å². The minimum atomic E-state index is -0.387. The summed E-state index contributed by atoms with van der Waals surface area (Å²) in [5, 5.41) is 2.80. The Morgan fingerprint density at radius 3 is 2.03 bits per heavy atom. The van der Waals surface area contributed by atoms with Gasteiger partial charge < -0.3 is 10.1 Å². The average molecular weight is 434 g/mol. The third-order valence-electron chi connectivity index (χ3n) is 4.85. The Balaban J connectivity index is 1.43. The summed E-state index contributed by atoms with van der Waals surface area (Å²) in [6.07, 6.45) is 0.185. The number of esters is 1. The first-order valence-corrected chi connectivity index (χ1v) is 11.3. The maximum absolute atomic E-state index is 12.4. The number of benzene rings is 3. The van der Waals surface area contributed by atoms with Crippen molar-refractivity contribution < 1.29 is 14.3 Å². The zero-order valence-electron chi connectivity index (χ0n) is 17.6. The first-order valence-electron chi connectivity index (χ1n) is 10.3. The maximum atomic E-state index is 12.4. The predicted octanol–water partition coefficient (Wildman–Crippen LogP) is 4.97. The van der Waals surface area contributed by atoms with Crippen LogP contribution in [0.2, 0.25) is 0 Å². The summed E-state index contributed by atoms with van der Waals surface area (Å²) in [5.74, 6) is -0.0214. The molecule has 0 aromatic heterocycles. The maximum Gasteiger partial charge on any atom is 0.307 e. The number of hydrogen-bond donors (Lipinski definition) is 1. The van der Waals surface area contributed by atoms with Gasteiger partial charge in [0.15, 0.2) is 6.61 Å². The van der Waals surface area contributed by atoms with Crippen molar-refractivity contribution in [1.29, 1.82) is 0 Å². The molecule has 0 heterocycles. The van der Waals surface area contributed by atoms with Crippen molar-refractivity contribution in [2.24, 2.45) is 0 Å². The number of thioether (sulfide) groups is 1. The van der Waals surface area contributed by atoms with Gasteiger partial charge >= 0.3 is 5.97 Å². The molecule has 1 N–H and O–H groups in total. The Morgan fingerprint density at radius 2 is 1.45 bits per heavy atom. The molecule has 0 saturated heterocycles. The quantitative estimate of drug-likeness (QED) is 0.279. The van der Waals surface area contributed by atoms with Gasteiger partial charge in [0.1, 0.15) is 0 Å². The Kier molecular flexibility index (Phi) is 8.73. The molecule has 0 aliphatic carbocycles. The Labute approximate surface area is 188 Å². The van der Waals surface area contributed by atoms with Gasteiger partial charge in [-0.15, -0.1) is 11.8 Å². The monoisotopic (exact) mass is 433 g/mol. The summed E-state index contributed by atoms with van der Waals surface area (Å²) in [6, 6.07) is 28.0. The van der Waals surface area contributed by atoms with Gasteiger partial charge in [-0.2, -0.15) is 0 Å². The molecule has 3 aromatic rings. The second-order valence-electron chi connectivity index (χ2n) is 7.25. The van der Waals surface area contributed by atoms with Gasteiger partial charge in [-0.1, -0.05) is 78.4 Å². The molecule has 0 unspecified atom stereocenters. The van der Waals surface area contributed by atoms with Crippen LogP contribution in [0.4, 0.5) is 0 Å². The molecule has 5 heteroatoms. The lowest BCUT2D eigenvalue weighted by atomic mass is 9.89. The molecule has 0 aliphatic rings. The zero-order chi connectivity index (χ0) is 21.9. The van der Waals surface area contributed by atoms with E-state index in [9.17, 15) is 9.59 Å². The van der Waals surface area contributed by atoms with E-state index in [0.717, 1.165) is 16.9 Å². The van der Waals surface area contributed by atoms with Gasteiger partial charge in [-0.05, 0) is 30.2 Å². The number of nitrogens with one attached hydrogen (secondary N) is 1. The minimum absolute atomic E-state index is 0.108. The fourth-order valence-corrected chi connectivity index (χ4v) is 3.98. The van der Waals surface area contributed by atoms with Crippen molar-refractivity contribution in [3.63, 3.8) is 0 Å². The molecule has 0 atom stereocenters. The first kappa shape index (κ1) is 22.6. The molecule has 0 radical (unpaired) electrons.